The van der Waals surface area contributed by atoms with E-state index >= 15 is 0 Å². The number of nitrogens with two attached hydrogens (primary N) is 1. The standard InChI is InChI=1S/C14H27N3S2/c1-11(15)18-9-2-3-12-4-6-13(7-5-12)8-10-19-14(16)17/h12-13,15H,2-10H2,1H3,(H3,16,17)/t12-,13-. The Bertz CT molecular complexity index is 286. The van der Waals surface area contributed by atoms with Gasteiger partial charge in [-0.1, -0.05) is 37.4 Å². The Hall–Kier alpha value is -0.160. The van der Waals surface area contributed by atoms with E-state index in [0.29, 0.717) is 0 Å². The van der Waals surface area contributed by atoms with Crippen molar-refractivity contribution in [2.75, 3.05) is 11.5 Å². The van der Waals surface area contributed by atoms with E-state index in [9.17, 15) is 0 Å². The second-order valence-electron chi connectivity index (χ2n) is 5.44. The van der Waals surface area contributed by atoms with Crippen LogP contribution in [-0.4, -0.2) is 21.7 Å². The van der Waals surface area contributed by atoms with Gasteiger partial charge in [-0.15, -0.1) is 11.8 Å². The number of rotatable bonds is 7. The van der Waals surface area contributed by atoms with Crippen molar-refractivity contribution in [3.05, 3.63) is 0 Å². The fraction of sp³-hybridized carbons (Fsp3) is 0.857. The van der Waals surface area contributed by atoms with Crippen LogP contribution >= 0.6 is 23.5 Å². The van der Waals surface area contributed by atoms with Gasteiger partial charge in [-0.2, -0.15) is 0 Å². The van der Waals surface area contributed by atoms with Gasteiger partial charge in [0.05, 0.1) is 5.04 Å². The molecule has 1 saturated carbocycles. The molecule has 1 fully saturated rings. The summed E-state index contributed by atoms with van der Waals surface area (Å²) in [7, 11) is 0. The first-order valence-electron chi connectivity index (χ1n) is 7.22. The summed E-state index contributed by atoms with van der Waals surface area (Å²) in [6, 6.07) is 0. The predicted molar refractivity (Wildman–Crippen MR) is 89.5 cm³/mol. The Morgan fingerprint density at radius 3 is 2.11 bits per heavy atom. The van der Waals surface area contributed by atoms with Gasteiger partial charge in [-0.05, 0) is 43.8 Å². The summed E-state index contributed by atoms with van der Waals surface area (Å²) < 4.78 is 0. The van der Waals surface area contributed by atoms with E-state index in [4.69, 9.17) is 16.6 Å². The lowest BCUT2D eigenvalue weighted by atomic mass is 9.79. The normalized spacial score (nSPS) is 23.2. The molecule has 0 aromatic heterocycles. The third kappa shape index (κ3) is 8.58. The monoisotopic (exact) mass is 301 g/mol. The first kappa shape index (κ1) is 16.9. The third-order valence-electron chi connectivity index (χ3n) is 3.83. The minimum atomic E-state index is 0.257. The lowest BCUT2D eigenvalue weighted by Crippen LogP contribution is -2.16. The average molecular weight is 302 g/mol. The Morgan fingerprint density at radius 1 is 1.00 bits per heavy atom. The molecule has 0 spiro atoms. The predicted octanol–water partition coefficient (Wildman–Crippen LogP) is 4.32. The zero-order valence-corrected chi connectivity index (χ0v) is 13.5. The molecule has 1 aliphatic rings. The van der Waals surface area contributed by atoms with Crippen LogP contribution in [0.4, 0.5) is 0 Å². The van der Waals surface area contributed by atoms with Crippen LogP contribution in [0.1, 0.15) is 51.9 Å². The van der Waals surface area contributed by atoms with Gasteiger partial charge in [0.2, 0.25) is 0 Å². The third-order valence-corrected chi connectivity index (χ3v) is 5.50. The van der Waals surface area contributed by atoms with Crippen LogP contribution in [0.25, 0.3) is 0 Å². The summed E-state index contributed by atoms with van der Waals surface area (Å²) in [6.45, 7) is 1.87. The van der Waals surface area contributed by atoms with Crippen LogP contribution in [0.2, 0.25) is 0 Å². The van der Waals surface area contributed by atoms with Crippen molar-refractivity contribution in [2.24, 2.45) is 17.6 Å². The molecular weight excluding hydrogens is 274 g/mol. The molecular formula is C14H27N3S2. The average Bonchev–Trinajstić information content (AvgIpc) is 2.36. The van der Waals surface area contributed by atoms with E-state index in [-0.39, 0.29) is 5.17 Å². The first-order chi connectivity index (χ1) is 9.08. The topological polar surface area (TPSA) is 73.7 Å². The zero-order valence-electron chi connectivity index (χ0n) is 11.9. The van der Waals surface area contributed by atoms with Gasteiger partial charge in [-0.3, -0.25) is 10.8 Å². The number of thioether (sulfide) groups is 2. The van der Waals surface area contributed by atoms with Crippen LogP contribution < -0.4 is 5.73 Å². The van der Waals surface area contributed by atoms with Gasteiger partial charge in [0, 0.05) is 5.75 Å². The van der Waals surface area contributed by atoms with Crippen LogP contribution in [0.3, 0.4) is 0 Å². The SMILES string of the molecule is CC(=N)SCCC[C@H]1CC[C@H](CCSC(=N)N)CC1. The zero-order chi connectivity index (χ0) is 14.1. The van der Waals surface area contributed by atoms with Gasteiger partial charge >= 0.3 is 0 Å². The molecule has 0 saturated heterocycles. The number of hydrogen-bond acceptors (Lipinski definition) is 4. The first-order valence-corrected chi connectivity index (χ1v) is 9.19. The molecule has 0 atom stereocenters. The van der Waals surface area contributed by atoms with Crippen molar-refractivity contribution in [1.82, 2.24) is 0 Å². The van der Waals surface area contributed by atoms with Crippen molar-refractivity contribution in [3.8, 4) is 0 Å². The van der Waals surface area contributed by atoms with E-state index in [1.54, 1.807) is 11.8 Å². The highest BCUT2D eigenvalue weighted by Crippen LogP contribution is 2.34. The van der Waals surface area contributed by atoms with Gasteiger partial charge in [0.25, 0.3) is 0 Å². The highest BCUT2D eigenvalue weighted by atomic mass is 32.2. The summed E-state index contributed by atoms with van der Waals surface area (Å²) in [5.41, 5.74) is 5.35. The summed E-state index contributed by atoms with van der Waals surface area (Å²) in [5.74, 6) is 3.91. The molecule has 110 valence electrons. The molecule has 0 heterocycles. The van der Waals surface area contributed by atoms with Crippen molar-refractivity contribution in [2.45, 2.75) is 51.9 Å². The molecule has 5 heteroatoms. The van der Waals surface area contributed by atoms with Gasteiger partial charge in [0.1, 0.15) is 0 Å². The summed E-state index contributed by atoms with van der Waals surface area (Å²) in [6.07, 6.45) is 9.30. The quantitative estimate of drug-likeness (QED) is 0.372. The van der Waals surface area contributed by atoms with E-state index in [1.165, 1.54) is 56.7 Å². The van der Waals surface area contributed by atoms with Crippen molar-refractivity contribution in [1.29, 1.82) is 10.8 Å². The van der Waals surface area contributed by atoms with Crippen molar-refractivity contribution < 1.29 is 0 Å². The van der Waals surface area contributed by atoms with Crippen LogP contribution in [0, 0.1) is 22.7 Å². The maximum Gasteiger partial charge on any atom is 0.151 e. The molecule has 0 aliphatic heterocycles. The molecule has 0 radical (unpaired) electrons. The Kier molecular flexibility index (Phi) is 8.62. The molecule has 0 bridgehead atoms. The number of hydrogen-bond donors (Lipinski definition) is 3. The highest BCUT2D eigenvalue weighted by Gasteiger charge is 2.20. The Morgan fingerprint density at radius 2 is 1.58 bits per heavy atom. The molecule has 1 aliphatic carbocycles. The van der Waals surface area contributed by atoms with E-state index in [0.717, 1.165) is 28.4 Å². The van der Waals surface area contributed by atoms with Gasteiger partial charge in [-0.25, -0.2) is 0 Å². The summed E-state index contributed by atoms with van der Waals surface area (Å²) in [5, 5.41) is 15.6. The summed E-state index contributed by atoms with van der Waals surface area (Å²) in [4.78, 5) is 0. The molecule has 19 heavy (non-hydrogen) atoms. The molecule has 3 nitrogen and oxygen atoms in total. The minimum absolute atomic E-state index is 0.257. The largest absolute Gasteiger partial charge is 0.379 e. The Labute approximate surface area is 125 Å². The molecule has 0 aromatic rings. The molecule has 1 rings (SSSR count). The lowest BCUT2D eigenvalue weighted by Gasteiger charge is -2.28. The minimum Gasteiger partial charge on any atom is -0.379 e. The number of amidine groups is 1. The van der Waals surface area contributed by atoms with E-state index in [2.05, 4.69) is 0 Å². The van der Waals surface area contributed by atoms with Gasteiger partial charge < -0.3 is 5.73 Å². The highest BCUT2D eigenvalue weighted by molar-refractivity contribution is 8.13. The lowest BCUT2D eigenvalue weighted by molar-refractivity contribution is 0.259. The van der Waals surface area contributed by atoms with E-state index in [1.807, 2.05) is 6.92 Å². The maximum atomic E-state index is 7.38. The number of nitrogens with one attached hydrogen (secondary N) is 2. The van der Waals surface area contributed by atoms with Gasteiger partial charge in [0.15, 0.2) is 5.17 Å². The fourth-order valence-corrected chi connectivity index (χ4v) is 4.03. The maximum absolute atomic E-state index is 7.38. The van der Waals surface area contributed by atoms with Crippen LogP contribution in [-0.2, 0) is 0 Å². The van der Waals surface area contributed by atoms with Crippen molar-refractivity contribution >= 4 is 33.7 Å². The van der Waals surface area contributed by atoms with Crippen molar-refractivity contribution in [3.63, 3.8) is 0 Å². The second-order valence-corrected chi connectivity index (χ2v) is 7.88. The summed E-state index contributed by atoms with van der Waals surface area (Å²) >= 11 is 3.17. The smallest absolute Gasteiger partial charge is 0.151 e. The van der Waals surface area contributed by atoms with Crippen LogP contribution in [0.5, 0.6) is 0 Å². The molecule has 0 unspecified atom stereocenters. The molecule has 4 N–H and O–H groups in total. The van der Waals surface area contributed by atoms with E-state index < -0.39 is 0 Å². The molecule has 0 aromatic carbocycles. The van der Waals surface area contributed by atoms with Crippen LogP contribution in [0.15, 0.2) is 0 Å². The molecule has 0 amide bonds. The fourth-order valence-electron chi connectivity index (χ4n) is 2.74. The second kappa shape index (κ2) is 9.70. The Balaban J connectivity index is 2.02.